The molecule has 3 nitrogen and oxygen atoms in total. The van der Waals surface area contributed by atoms with E-state index in [1.54, 1.807) is 4.90 Å². The summed E-state index contributed by atoms with van der Waals surface area (Å²) in [5.74, 6) is 5.47. The van der Waals surface area contributed by atoms with Crippen molar-refractivity contribution in [1.82, 2.24) is 4.90 Å². The predicted molar refractivity (Wildman–Crippen MR) is 81.6 cm³/mol. The number of carbonyl (C=O) groups excluding carboxylic acids is 1. The van der Waals surface area contributed by atoms with Crippen molar-refractivity contribution in [2.75, 3.05) is 13.7 Å². The van der Waals surface area contributed by atoms with Crippen molar-refractivity contribution in [1.29, 1.82) is 0 Å². The Labute approximate surface area is 121 Å². The van der Waals surface area contributed by atoms with Crippen LogP contribution in [0.4, 0.5) is 0 Å². The van der Waals surface area contributed by atoms with Crippen LogP contribution >= 0.6 is 0 Å². The quantitative estimate of drug-likeness (QED) is 0.857. The minimum atomic E-state index is -0.204. The fourth-order valence-electron chi connectivity index (χ4n) is 2.27. The van der Waals surface area contributed by atoms with Gasteiger partial charge in [-0.05, 0) is 37.5 Å². The van der Waals surface area contributed by atoms with Crippen molar-refractivity contribution in [3.05, 3.63) is 34.9 Å². The molecule has 1 aromatic carbocycles. The number of hydrogen-bond donors (Lipinski definition) is 1. The van der Waals surface area contributed by atoms with Gasteiger partial charge in [-0.25, -0.2) is 0 Å². The maximum atomic E-state index is 12.6. The Morgan fingerprint density at radius 2 is 2.00 bits per heavy atom. The highest BCUT2D eigenvalue weighted by Gasteiger charge is 2.20. The van der Waals surface area contributed by atoms with Gasteiger partial charge in [-0.15, -0.1) is 0 Å². The summed E-state index contributed by atoms with van der Waals surface area (Å²) >= 11 is 0. The van der Waals surface area contributed by atoms with Gasteiger partial charge in [0.05, 0.1) is 5.56 Å². The third-order valence-electron chi connectivity index (χ3n) is 3.52. The molecule has 3 heteroatoms. The Morgan fingerprint density at radius 3 is 2.55 bits per heavy atom. The molecule has 108 valence electrons. The summed E-state index contributed by atoms with van der Waals surface area (Å²) in [5.41, 5.74) is 2.33. The number of benzene rings is 1. The minimum absolute atomic E-state index is 0.0130. The van der Waals surface area contributed by atoms with Crippen LogP contribution < -0.4 is 0 Å². The van der Waals surface area contributed by atoms with E-state index in [4.69, 9.17) is 5.11 Å². The van der Waals surface area contributed by atoms with Crippen LogP contribution in [0.3, 0.4) is 0 Å². The number of amides is 1. The summed E-state index contributed by atoms with van der Waals surface area (Å²) in [6, 6.07) is 5.86. The second-order valence-corrected chi connectivity index (χ2v) is 4.90. The highest BCUT2D eigenvalue weighted by molar-refractivity contribution is 5.96. The lowest BCUT2D eigenvalue weighted by atomic mass is 10.0. The zero-order valence-electron chi connectivity index (χ0n) is 12.7. The normalized spacial score (nSPS) is 10.1. The zero-order chi connectivity index (χ0) is 15.1. The molecule has 0 aromatic heterocycles. The first-order chi connectivity index (χ1) is 9.54. The average molecular weight is 273 g/mol. The smallest absolute Gasteiger partial charge is 0.255 e. The van der Waals surface area contributed by atoms with Gasteiger partial charge in [-0.1, -0.05) is 31.8 Å². The predicted octanol–water partition coefficient (Wildman–Crippen LogP) is 2.60. The molecule has 0 aliphatic carbocycles. The van der Waals surface area contributed by atoms with Crippen LogP contribution in [0, 0.1) is 18.8 Å². The fraction of sp³-hybridized carbons (Fsp3) is 0.471. The lowest BCUT2D eigenvalue weighted by molar-refractivity contribution is 0.0723. The number of aliphatic hydroxyl groups is 1. The van der Waals surface area contributed by atoms with Gasteiger partial charge in [-0.2, -0.15) is 0 Å². The summed E-state index contributed by atoms with van der Waals surface area (Å²) in [5, 5.41) is 8.83. The van der Waals surface area contributed by atoms with E-state index in [2.05, 4.69) is 25.7 Å². The molecule has 0 heterocycles. The highest BCUT2D eigenvalue weighted by Crippen LogP contribution is 2.16. The Morgan fingerprint density at radius 1 is 1.35 bits per heavy atom. The summed E-state index contributed by atoms with van der Waals surface area (Å²) in [4.78, 5) is 14.4. The second kappa shape index (κ2) is 7.72. The van der Waals surface area contributed by atoms with Gasteiger partial charge >= 0.3 is 0 Å². The average Bonchev–Trinajstić information content (AvgIpc) is 2.45. The lowest BCUT2D eigenvalue weighted by Crippen LogP contribution is -2.36. The first-order valence-corrected chi connectivity index (χ1v) is 7.02. The molecule has 0 saturated carbocycles. The molecular weight excluding hydrogens is 250 g/mol. The summed E-state index contributed by atoms with van der Waals surface area (Å²) in [6.45, 7) is 5.92. The molecule has 0 spiro atoms. The van der Waals surface area contributed by atoms with Gasteiger partial charge in [0.2, 0.25) is 0 Å². The van der Waals surface area contributed by atoms with Crippen LogP contribution in [-0.4, -0.2) is 35.6 Å². The van der Waals surface area contributed by atoms with Crippen molar-refractivity contribution >= 4 is 5.91 Å². The standard InChI is InChI=1S/C17H23NO2/c1-5-15(6-2)18(4)17(20)16-10-9-13(3)12-14(16)8-7-11-19/h9-10,12,15,19H,5-6,11H2,1-4H3. The van der Waals surface area contributed by atoms with Crippen molar-refractivity contribution in [3.63, 3.8) is 0 Å². The summed E-state index contributed by atoms with van der Waals surface area (Å²) < 4.78 is 0. The molecule has 0 fully saturated rings. The molecule has 0 atom stereocenters. The molecule has 1 N–H and O–H groups in total. The SMILES string of the molecule is CCC(CC)N(C)C(=O)c1ccc(C)cc1C#CCO. The molecule has 0 saturated heterocycles. The Hall–Kier alpha value is -1.79. The van der Waals surface area contributed by atoms with Gasteiger partial charge in [0.1, 0.15) is 6.61 Å². The van der Waals surface area contributed by atoms with Crippen molar-refractivity contribution in [2.45, 2.75) is 39.7 Å². The molecule has 0 unspecified atom stereocenters. The number of aliphatic hydroxyl groups excluding tert-OH is 1. The zero-order valence-corrected chi connectivity index (χ0v) is 12.7. The van der Waals surface area contributed by atoms with Crippen molar-refractivity contribution in [3.8, 4) is 11.8 Å². The summed E-state index contributed by atoms with van der Waals surface area (Å²) in [6.07, 6.45) is 1.87. The van der Waals surface area contributed by atoms with Crippen LogP contribution in [0.25, 0.3) is 0 Å². The van der Waals surface area contributed by atoms with Crippen LogP contribution in [0.2, 0.25) is 0 Å². The van der Waals surface area contributed by atoms with E-state index in [9.17, 15) is 4.79 Å². The first kappa shape index (κ1) is 16.3. The van der Waals surface area contributed by atoms with Gasteiger partial charge in [0.15, 0.2) is 0 Å². The molecule has 0 aliphatic heterocycles. The number of nitrogens with zero attached hydrogens (tertiary/aromatic N) is 1. The number of rotatable bonds is 4. The molecule has 0 radical (unpaired) electrons. The third-order valence-corrected chi connectivity index (χ3v) is 3.52. The maximum Gasteiger partial charge on any atom is 0.255 e. The summed E-state index contributed by atoms with van der Waals surface area (Å²) in [7, 11) is 1.84. The van der Waals surface area contributed by atoms with Crippen molar-refractivity contribution < 1.29 is 9.90 Å². The van der Waals surface area contributed by atoms with Gasteiger partial charge in [-0.3, -0.25) is 4.79 Å². The molecule has 1 amide bonds. The van der Waals surface area contributed by atoms with Gasteiger partial charge < -0.3 is 10.0 Å². The van der Waals surface area contributed by atoms with Crippen LogP contribution in [-0.2, 0) is 0 Å². The topological polar surface area (TPSA) is 40.5 Å². The molecule has 20 heavy (non-hydrogen) atoms. The second-order valence-electron chi connectivity index (χ2n) is 4.90. The monoisotopic (exact) mass is 273 g/mol. The highest BCUT2D eigenvalue weighted by atomic mass is 16.2. The van der Waals surface area contributed by atoms with E-state index in [0.29, 0.717) is 11.1 Å². The number of aryl methyl sites for hydroxylation is 1. The third kappa shape index (κ3) is 3.85. The molecule has 0 aliphatic rings. The fourth-order valence-corrected chi connectivity index (χ4v) is 2.27. The van der Waals surface area contributed by atoms with Crippen molar-refractivity contribution in [2.24, 2.45) is 0 Å². The Bertz CT molecular complexity index is 522. The minimum Gasteiger partial charge on any atom is -0.384 e. The molecule has 0 bridgehead atoms. The number of carbonyl (C=O) groups is 1. The molecule has 1 aromatic rings. The first-order valence-electron chi connectivity index (χ1n) is 7.02. The maximum absolute atomic E-state index is 12.6. The van der Waals surface area contributed by atoms with E-state index >= 15 is 0 Å². The van der Waals surface area contributed by atoms with Crippen LogP contribution in [0.1, 0.15) is 48.2 Å². The molecular formula is C17H23NO2. The van der Waals surface area contributed by atoms with Crippen LogP contribution in [0.15, 0.2) is 18.2 Å². The van der Waals surface area contributed by atoms with E-state index < -0.39 is 0 Å². The number of hydrogen-bond acceptors (Lipinski definition) is 2. The van der Waals surface area contributed by atoms with E-state index in [1.807, 2.05) is 32.2 Å². The van der Waals surface area contributed by atoms with E-state index in [1.165, 1.54) is 0 Å². The Kier molecular flexibility index (Phi) is 6.27. The van der Waals surface area contributed by atoms with Gasteiger partial charge in [0.25, 0.3) is 5.91 Å². The van der Waals surface area contributed by atoms with E-state index in [-0.39, 0.29) is 18.6 Å². The lowest BCUT2D eigenvalue weighted by Gasteiger charge is -2.26. The largest absolute Gasteiger partial charge is 0.384 e. The molecule has 1 rings (SSSR count). The van der Waals surface area contributed by atoms with Gasteiger partial charge in [0, 0.05) is 18.7 Å². The van der Waals surface area contributed by atoms with Crippen LogP contribution in [0.5, 0.6) is 0 Å². The Balaban J connectivity index is 3.15. The van der Waals surface area contributed by atoms with E-state index in [0.717, 1.165) is 18.4 Å².